The highest BCUT2D eigenvalue weighted by Crippen LogP contribution is 2.38. The van der Waals surface area contributed by atoms with E-state index in [1.165, 1.54) is 25.8 Å². The molecule has 0 radical (unpaired) electrons. The van der Waals surface area contributed by atoms with E-state index >= 15 is 0 Å². The van der Waals surface area contributed by atoms with Gasteiger partial charge in [0.1, 0.15) is 0 Å². The SMILES string of the molecule is CC1CCCCN1C(C)(C)C(C)(C)C. The van der Waals surface area contributed by atoms with Crippen LogP contribution in [0.15, 0.2) is 0 Å². The summed E-state index contributed by atoms with van der Waals surface area (Å²) < 4.78 is 0. The van der Waals surface area contributed by atoms with Crippen molar-refractivity contribution in [2.45, 2.75) is 72.4 Å². The molecule has 0 aromatic rings. The lowest BCUT2D eigenvalue weighted by atomic mass is 9.73. The summed E-state index contributed by atoms with van der Waals surface area (Å²) in [6, 6.07) is 0.762. The summed E-state index contributed by atoms with van der Waals surface area (Å²) in [7, 11) is 0. The molecular weight excluding hydrogens is 170 g/mol. The second-order valence-electron chi connectivity index (χ2n) is 6.35. The van der Waals surface area contributed by atoms with Gasteiger partial charge in [0, 0.05) is 11.6 Å². The molecule has 0 aromatic carbocycles. The van der Waals surface area contributed by atoms with Crippen LogP contribution in [-0.2, 0) is 0 Å². The zero-order valence-corrected chi connectivity index (χ0v) is 10.9. The molecule has 1 rings (SSSR count). The van der Waals surface area contributed by atoms with Crippen LogP contribution in [0.5, 0.6) is 0 Å². The molecule has 84 valence electrons. The third-order valence-corrected chi connectivity index (χ3v) is 4.36. The summed E-state index contributed by atoms with van der Waals surface area (Å²) in [5.74, 6) is 0. The molecule has 1 saturated heterocycles. The summed E-state index contributed by atoms with van der Waals surface area (Å²) in [5, 5.41) is 0. The monoisotopic (exact) mass is 197 g/mol. The van der Waals surface area contributed by atoms with E-state index < -0.39 is 0 Å². The Labute approximate surface area is 89.9 Å². The normalized spacial score (nSPS) is 26.6. The quantitative estimate of drug-likeness (QED) is 0.620. The Bertz CT molecular complexity index is 188. The second kappa shape index (κ2) is 3.84. The number of likely N-dealkylation sites (tertiary alicyclic amines) is 1. The average Bonchev–Trinajstić information content (AvgIpc) is 2.02. The van der Waals surface area contributed by atoms with Crippen LogP contribution >= 0.6 is 0 Å². The maximum absolute atomic E-state index is 2.70. The summed E-state index contributed by atoms with van der Waals surface area (Å²) in [6.07, 6.45) is 4.17. The van der Waals surface area contributed by atoms with Crippen molar-refractivity contribution in [3.63, 3.8) is 0 Å². The molecule has 0 bridgehead atoms. The molecule has 1 unspecified atom stereocenters. The molecule has 0 N–H and O–H groups in total. The van der Waals surface area contributed by atoms with Gasteiger partial charge in [-0.05, 0) is 45.6 Å². The van der Waals surface area contributed by atoms with Crippen molar-refractivity contribution in [3.8, 4) is 0 Å². The lowest BCUT2D eigenvalue weighted by Gasteiger charge is -2.52. The number of hydrogen-bond acceptors (Lipinski definition) is 1. The molecule has 0 spiro atoms. The summed E-state index contributed by atoms with van der Waals surface area (Å²) in [6.45, 7) is 15.5. The molecule has 0 aromatic heterocycles. The van der Waals surface area contributed by atoms with Crippen LogP contribution in [0.3, 0.4) is 0 Å². The van der Waals surface area contributed by atoms with Gasteiger partial charge in [-0.3, -0.25) is 4.90 Å². The van der Waals surface area contributed by atoms with Gasteiger partial charge in [0.15, 0.2) is 0 Å². The Hall–Kier alpha value is -0.0400. The number of nitrogens with zero attached hydrogens (tertiary/aromatic N) is 1. The number of piperidine rings is 1. The zero-order chi connectivity index (χ0) is 11.0. The molecule has 1 atom stereocenters. The molecule has 1 fully saturated rings. The number of rotatable bonds is 1. The first-order valence-corrected chi connectivity index (χ1v) is 6.03. The lowest BCUT2D eigenvalue weighted by Crippen LogP contribution is -2.57. The van der Waals surface area contributed by atoms with Crippen molar-refractivity contribution >= 4 is 0 Å². The van der Waals surface area contributed by atoms with Gasteiger partial charge in [-0.2, -0.15) is 0 Å². The van der Waals surface area contributed by atoms with E-state index in [0.29, 0.717) is 11.0 Å². The zero-order valence-electron chi connectivity index (χ0n) is 10.9. The van der Waals surface area contributed by atoms with E-state index in [4.69, 9.17) is 0 Å². The minimum atomic E-state index is 0.312. The summed E-state index contributed by atoms with van der Waals surface area (Å²) in [4.78, 5) is 2.70. The maximum Gasteiger partial charge on any atom is 0.0204 e. The lowest BCUT2D eigenvalue weighted by molar-refractivity contribution is -0.0230. The van der Waals surface area contributed by atoms with E-state index in [1.807, 2.05) is 0 Å². The van der Waals surface area contributed by atoms with Gasteiger partial charge in [-0.25, -0.2) is 0 Å². The fraction of sp³-hybridized carbons (Fsp3) is 1.00. The van der Waals surface area contributed by atoms with Gasteiger partial charge in [0.05, 0.1) is 0 Å². The van der Waals surface area contributed by atoms with Crippen molar-refractivity contribution in [3.05, 3.63) is 0 Å². The molecule has 0 amide bonds. The van der Waals surface area contributed by atoms with Crippen molar-refractivity contribution in [2.75, 3.05) is 6.54 Å². The Morgan fingerprint density at radius 2 is 1.57 bits per heavy atom. The van der Waals surface area contributed by atoms with Gasteiger partial charge >= 0.3 is 0 Å². The van der Waals surface area contributed by atoms with Crippen LogP contribution in [0.25, 0.3) is 0 Å². The Morgan fingerprint density at radius 1 is 1.00 bits per heavy atom. The standard InChI is InChI=1S/C13H27N/c1-11-9-7-8-10-14(11)13(5,6)12(2,3)4/h11H,7-10H2,1-6H3. The molecule has 1 aliphatic heterocycles. The predicted octanol–water partition coefficient (Wildman–Crippen LogP) is 3.69. The highest BCUT2D eigenvalue weighted by atomic mass is 15.2. The molecule has 14 heavy (non-hydrogen) atoms. The molecule has 1 heterocycles. The predicted molar refractivity (Wildman–Crippen MR) is 63.6 cm³/mol. The first kappa shape index (κ1) is 12.0. The van der Waals surface area contributed by atoms with E-state index in [0.717, 1.165) is 6.04 Å². The molecule has 0 saturated carbocycles. The van der Waals surface area contributed by atoms with Gasteiger partial charge in [-0.1, -0.05) is 27.2 Å². The van der Waals surface area contributed by atoms with Gasteiger partial charge in [0.25, 0.3) is 0 Å². The first-order valence-electron chi connectivity index (χ1n) is 6.03. The van der Waals surface area contributed by atoms with Crippen molar-refractivity contribution in [1.29, 1.82) is 0 Å². The Morgan fingerprint density at radius 3 is 2.00 bits per heavy atom. The van der Waals surface area contributed by atoms with Gasteiger partial charge in [0.2, 0.25) is 0 Å². The smallest absolute Gasteiger partial charge is 0.0204 e. The average molecular weight is 197 g/mol. The molecular formula is C13H27N. The van der Waals surface area contributed by atoms with Crippen molar-refractivity contribution in [2.24, 2.45) is 5.41 Å². The number of hydrogen-bond donors (Lipinski definition) is 0. The van der Waals surface area contributed by atoms with Crippen LogP contribution < -0.4 is 0 Å². The first-order chi connectivity index (χ1) is 6.27. The van der Waals surface area contributed by atoms with Gasteiger partial charge < -0.3 is 0 Å². The summed E-state index contributed by atoms with van der Waals surface area (Å²) >= 11 is 0. The summed E-state index contributed by atoms with van der Waals surface area (Å²) in [5.41, 5.74) is 0.672. The van der Waals surface area contributed by atoms with Crippen LogP contribution in [0.1, 0.15) is 60.8 Å². The van der Waals surface area contributed by atoms with Crippen LogP contribution in [0.4, 0.5) is 0 Å². The van der Waals surface area contributed by atoms with E-state index in [-0.39, 0.29) is 0 Å². The fourth-order valence-corrected chi connectivity index (χ4v) is 2.36. The highest BCUT2D eigenvalue weighted by molar-refractivity contribution is 4.95. The maximum atomic E-state index is 2.70. The topological polar surface area (TPSA) is 3.24 Å². The van der Waals surface area contributed by atoms with Crippen LogP contribution in [0.2, 0.25) is 0 Å². The largest absolute Gasteiger partial charge is 0.295 e. The van der Waals surface area contributed by atoms with Crippen molar-refractivity contribution < 1.29 is 0 Å². The Kier molecular flexibility index (Phi) is 3.30. The molecule has 0 aliphatic carbocycles. The van der Waals surface area contributed by atoms with Gasteiger partial charge in [-0.15, -0.1) is 0 Å². The third kappa shape index (κ3) is 2.13. The van der Waals surface area contributed by atoms with Crippen molar-refractivity contribution in [1.82, 2.24) is 4.90 Å². The molecule has 1 nitrogen and oxygen atoms in total. The van der Waals surface area contributed by atoms with E-state index in [1.54, 1.807) is 0 Å². The minimum absolute atomic E-state index is 0.312. The van der Waals surface area contributed by atoms with Crippen LogP contribution in [-0.4, -0.2) is 23.0 Å². The van der Waals surface area contributed by atoms with E-state index in [9.17, 15) is 0 Å². The minimum Gasteiger partial charge on any atom is -0.295 e. The molecule has 1 aliphatic rings. The van der Waals surface area contributed by atoms with Crippen LogP contribution in [0, 0.1) is 5.41 Å². The highest BCUT2D eigenvalue weighted by Gasteiger charge is 2.40. The second-order valence-corrected chi connectivity index (χ2v) is 6.35. The Balaban J connectivity index is 2.79. The van der Waals surface area contributed by atoms with E-state index in [2.05, 4.69) is 46.4 Å². The fourth-order valence-electron chi connectivity index (χ4n) is 2.36. The third-order valence-electron chi connectivity index (χ3n) is 4.36. The molecule has 1 heteroatoms.